The minimum atomic E-state index is -0.478. The fourth-order valence-corrected chi connectivity index (χ4v) is 3.53. The molecule has 3 amide bonds. The lowest BCUT2D eigenvalue weighted by atomic mass is 9.88. The second-order valence-electron chi connectivity index (χ2n) is 7.94. The van der Waals surface area contributed by atoms with E-state index in [1.165, 1.54) is 6.42 Å². The molecule has 7 heteroatoms. The summed E-state index contributed by atoms with van der Waals surface area (Å²) in [6.07, 6.45) is 5.15. The number of amides is 3. The van der Waals surface area contributed by atoms with Gasteiger partial charge in [0.1, 0.15) is 5.75 Å². The average Bonchev–Trinajstić information content (AvgIpc) is 2.79. The number of carbonyl (C=O) groups is 3. The summed E-state index contributed by atoms with van der Waals surface area (Å²) >= 11 is 0. The highest BCUT2D eigenvalue weighted by Crippen LogP contribution is 2.25. The smallest absolute Gasteiger partial charge is 0.276 e. The van der Waals surface area contributed by atoms with Crippen LogP contribution >= 0.6 is 0 Å². The largest absolute Gasteiger partial charge is 0.484 e. The van der Waals surface area contributed by atoms with Gasteiger partial charge in [0.05, 0.1) is 0 Å². The molecule has 0 radical (unpaired) electrons. The number of carbonyl (C=O) groups excluding carboxylic acids is 3. The summed E-state index contributed by atoms with van der Waals surface area (Å²) in [4.78, 5) is 36.8. The van der Waals surface area contributed by atoms with Gasteiger partial charge < -0.3 is 10.1 Å². The Hall–Kier alpha value is -3.35. The first-order valence-corrected chi connectivity index (χ1v) is 10.6. The predicted molar refractivity (Wildman–Crippen MR) is 119 cm³/mol. The molecule has 7 nitrogen and oxygen atoms in total. The number of hydrazine groups is 1. The lowest BCUT2D eigenvalue weighted by Gasteiger charge is -2.20. The van der Waals surface area contributed by atoms with Crippen molar-refractivity contribution in [3.05, 3.63) is 59.2 Å². The van der Waals surface area contributed by atoms with Gasteiger partial charge in [-0.3, -0.25) is 25.2 Å². The van der Waals surface area contributed by atoms with Gasteiger partial charge in [0, 0.05) is 17.2 Å². The summed E-state index contributed by atoms with van der Waals surface area (Å²) in [5.74, 6) is -0.343. The minimum absolute atomic E-state index is 0.00551. The quantitative estimate of drug-likeness (QED) is 0.618. The molecule has 1 aliphatic carbocycles. The molecule has 164 valence electrons. The summed E-state index contributed by atoms with van der Waals surface area (Å²) in [6.45, 7) is 3.74. The van der Waals surface area contributed by atoms with Crippen LogP contribution in [0.4, 0.5) is 5.69 Å². The van der Waals surface area contributed by atoms with Crippen molar-refractivity contribution in [1.29, 1.82) is 0 Å². The molecule has 0 bridgehead atoms. The van der Waals surface area contributed by atoms with E-state index in [0.717, 1.165) is 36.8 Å². The number of nitrogens with one attached hydrogen (secondary N) is 3. The minimum Gasteiger partial charge on any atom is -0.484 e. The van der Waals surface area contributed by atoms with Gasteiger partial charge in [0.2, 0.25) is 5.91 Å². The Kier molecular flexibility index (Phi) is 7.65. The molecular formula is C24H29N3O4. The van der Waals surface area contributed by atoms with Gasteiger partial charge in [-0.2, -0.15) is 0 Å². The monoisotopic (exact) mass is 423 g/mol. The van der Waals surface area contributed by atoms with Crippen molar-refractivity contribution in [3.8, 4) is 5.75 Å². The zero-order valence-electron chi connectivity index (χ0n) is 18.0. The molecule has 0 aromatic heterocycles. The maximum absolute atomic E-state index is 12.4. The van der Waals surface area contributed by atoms with E-state index in [1.54, 1.807) is 30.3 Å². The summed E-state index contributed by atoms with van der Waals surface area (Å²) in [5.41, 5.74) is 7.81. The van der Waals surface area contributed by atoms with Crippen molar-refractivity contribution >= 4 is 23.4 Å². The predicted octanol–water partition coefficient (Wildman–Crippen LogP) is 3.66. The Labute approximate surface area is 182 Å². The topological polar surface area (TPSA) is 96.5 Å². The third kappa shape index (κ3) is 6.57. The van der Waals surface area contributed by atoms with E-state index < -0.39 is 11.8 Å². The van der Waals surface area contributed by atoms with Crippen LogP contribution in [-0.4, -0.2) is 24.3 Å². The molecule has 31 heavy (non-hydrogen) atoms. The first-order valence-electron chi connectivity index (χ1n) is 10.6. The second-order valence-corrected chi connectivity index (χ2v) is 7.94. The highest BCUT2D eigenvalue weighted by atomic mass is 16.5. The van der Waals surface area contributed by atoms with E-state index in [0.29, 0.717) is 17.0 Å². The van der Waals surface area contributed by atoms with Gasteiger partial charge in [-0.15, -0.1) is 0 Å². The lowest BCUT2D eigenvalue weighted by Crippen LogP contribution is -2.43. The van der Waals surface area contributed by atoms with Gasteiger partial charge >= 0.3 is 0 Å². The van der Waals surface area contributed by atoms with Crippen molar-refractivity contribution in [3.63, 3.8) is 0 Å². The van der Waals surface area contributed by atoms with Gasteiger partial charge in [0.25, 0.3) is 11.8 Å². The summed E-state index contributed by atoms with van der Waals surface area (Å²) in [7, 11) is 0. The van der Waals surface area contributed by atoms with Crippen molar-refractivity contribution < 1.29 is 19.1 Å². The molecular weight excluding hydrogens is 394 g/mol. The number of benzene rings is 2. The number of aryl methyl sites for hydroxylation is 2. The zero-order chi connectivity index (χ0) is 22.2. The van der Waals surface area contributed by atoms with Gasteiger partial charge in [-0.25, -0.2) is 0 Å². The molecule has 1 aliphatic rings. The highest BCUT2D eigenvalue weighted by Gasteiger charge is 2.21. The zero-order valence-corrected chi connectivity index (χ0v) is 18.0. The third-order valence-electron chi connectivity index (χ3n) is 5.53. The molecule has 3 rings (SSSR count). The number of ether oxygens (including phenoxy) is 1. The first-order chi connectivity index (χ1) is 14.9. The van der Waals surface area contributed by atoms with E-state index in [4.69, 9.17) is 4.74 Å². The third-order valence-corrected chi connectivity index (χ3v) is 5.53. The van der Waals surface area contributed by atoms with Gasteiger partial charge in [-0.05, 0) is 68.1 Å². The first kappa shape index (κ1) is 22.3. The van der Waals surface area contributed by atoms with Crippen LogP contribution in [0.15, 0.2) is 42.5 Å². The Morgan fingerprint density at radius 2 is 1.71 bits per heavy atom. The summed E-state index contributed by atoms with van der Waals surface area (Å²) in [6, 6.07) is 12.2. The van der Waals surface area contributed by atoms with Crippen LogP contribution in [0.5, 0.6) is 5.75 Å². The van der Waals surface area contributed by atoms with Crippen molar-refractivity contribution in [1.82, 2.24) is 10.9 Å². The second kappa shape index (κ2) is 10.6. The molecule has 3 N–H and O–H groups in total. The number of rotatable bonds is 6. The number of hydrogen-bond donors (Lipinski definition) is 3. The maximum atomic E-state index is 12.4. The van der Waals surface area contributed by atoms with Gasteiger partial charge in [0.15, 0.2) is 6.61 Å². The molecule has 0 heterocycles. The van der Waals surface area contributed by atoms with Crippen LogP contribution in [0.1, 0.15) is 53.6 Å². The van der Waals surface area contributed by atoms with E-state index >= 15 is 0 Å². The van der Waals surface area contributed by atoms with Crippen molar-refractivity contribution in [2.75, 3.05) is 11.9 Å². The van der Waals surface area contributed by atoms with Crippen LogP contribution < -0.4 is 20.9 Å². The summed E-state index contributed by atoms with van der Waals surface area (Å²) in [5, 5.41) is 2.89. The lowest BCUT2D eigenvalue weighted by molar-refractivity contribution is -0.124. The normalized spacial score (nSPS) is 13.9. The van der Waals surface area contributed by atoms with Crippen molar-refractivity contribution in [2.45, 2.75) is 46.0 Å². The molecule has 2 aromatic rings. The fourth-order valence-electron chi connectivity index (χ4n) is 3.53. The molecule has 0 spiro atoms. The fraction of sp³-hybridized carbons (Fsp3) is 0.375. The van der Waals surface area contributed by atoms with Crippen LogP contribution in [0, 0.1) is 19.8 Å². The SMILES string of the molecule is Cc1ccc(OCC(=O)NNC(=O)c2cccc(NC(=O)C3CCCCC3)c2)cc1C. The van der Waals surface area contributed by atoms with Crippen LogP contribution in [0.3, 0.4) is 0 Å². The van der Waals surface area contributed by atoms with E-state index in [-0.39, 0.29) is 18.4 Å². The standard InChI is InChI=1S/C24H29N3O4/c1-16-11-12-21(13-17(16)2)31-15-22(28)26-27-24(30)19-9-6-10-20(14-19)25-23(29)18-7-4-3-5-8-18/h6,9-14,18H,3-5,7-8,15H2,1-2H3,(H,25,29)(H,26,28)(H,27,30). The maximum Gasteiger partial charge on any atom is 0.276 e. The van der Waals surface area contributed by atoms with Crippen LogP contribution in [0.25, 0.3) is 0 Å². The van der Waals surface area contributed by atoms with Crippen LogP contribution in [0.2, 0.25) is 0 Å². The Bertz CT molecular complexity index is 952. The summed E-state index contributed by atoms with van der Waals surface area (Å²) < 4.78 is 5.45. The Morgan fingerprint density at radius 1 is 0.935 bits per heavy atom. The molecule has 0 saturated heterocycles. The molecule has 0 unspecified atom stereocenters. The van der Waals surface area contributed by atoms with E-state index in [1.807, 2.05) is 26.0 Å². The van der Waals surface area contributed by atoms with E-state index in [9.17, 15) is 14.4 Å². The van der Waals surface area contributed by atoms with Crippen molar-refractivity contribution in [2.24, 2.45) is 5.92 Å². The molecule has 1 fully saturated rings. The number of hydrogen-bond acceptors (Lipinski definition) is 4. The molecule has 0 atom stereocenters. The number of anilines is 1. The Morgan fingerprint density at radius 3 is 2.45 bits per heavy atom. The molecule has 2 aromatic carbocycles. The average molecular weight is 424 g/mol. The van der Waals surface area contributed by atoms with E-state index in [2.05, 4.69) is 16.2 Å². The van der Waals surface area contributed by atoms with Crippen LogP contribution in [-0.2, 0) is 9.59 Å². The highest BCUT2D eigenvalue weighted by molar-refractivity contribution is 5.98. The molecule has 1 saturated carbocycles. The molecule has 0 aliphatic heterocycles. The van der Waals surface area contributed by atoms with Gasteiger partial charge in [-0.1, -0.05) is 31.4 Å². The Balaban J connectivity index is 1.47.